The van der Waals surface area contributed by atoms with Crippen LogP contribution in [0.25, 0.3) is 0 Å². The fourth-order valence-electron chi connectivity index (χ4n) is 4.33. The maximum atomic E-state index is 13.4. The van der Waals surface area contributed by atoms with E-state index in [9.17, 15) is 9.59 Å². The summed E-state index contributed by atoms with van der Waals surface area (Å²) in [6.45, 7) is 8.78. The Labute approximate surface area is 183 Å². The summed E-state index contributed by atoms with van der Waals surface area (Å²) in [5.74, 6) is 2.37. The number of hydrogen-bond acceptors (Lipinski definition) is 5. The smallest absolute Gasteiger partial charge is 0.397 e. The third-order valence-electron chi connectivity index (χ3n) is 6.05. The minimum atomic E-state index is -0.534. The molecule has 3 heterocycles. The summed E-state index contributed by atoms with van der Waals surface area (Å²) >= 11 is 0. The van der Waals surface area contributed by atoms with Gasteiger partial charge in [-0.2, -0.15) is 0 Å². The lowest BCUT2D eigenvalue weighted by molar-refractivity contribution is -0.535. The third-order valence-corrected chi connectivity index (χ3v) is 6.05. The van der Waals surface area contributed by atoms with Gasteiger partial charge in [0.25, 0.3) is 5.91 Å². The van der Waals surface area contributed by atoms with Gasteiger partial charge in [0.1, 0.15) is 11.4 Å². The first-order valence-electron chi connectivity index (χ1n) is 11.2. The molecule has 3 aliphatic rings. The second kappa shape index (κ2) is 8.69. The fraction of sp³-hybridized carbons (Fsp3) is 0.565. The van der Waals surface area contributed by atoms with E-state index in [0.29, 0.717) is 24.9 Å². The second-order valence-electron chi connectivity index (χ2n) is 8.67. The molecule has 0 saturated carbocycles. The van der Waals surface area contributed by atoms with E-state index < -0.39 is 6.04 Å². The van der Waals surface area contributed by atoms with Gasteiger partial charge >= 0.3 is 12.0 Å². The van der Waals surface area contributed by atoms with Gasteiger partial charge in [-0.25, -0.2) is 14.3 Å². The van der Waals surface area contributed by atoms with Gasteiger partial charge in [0.05, 0.1) is 19.7 Å². The van der Waals surface area contributed by atoms with Gasteiger partial charge < -0.3 is 4.74 Å². The number of guanidine groups is 1. The Bertz CT molecular complexity index is 922. The summed E-state index contributed by atoms with van der Waals surface area (Å²) in [4.78, 5) is 36.2. The number of imide groups is 1. The molecule has 0 bridgehead atoms. The van der Waals surface area contributed by atoms with Crippen molar-refractivity contribution in [2.24, 2.45) is 10.9 Å². The molecule has 0 radical (unpaired) electrons. The van der Waals surface area contributed by atoms with Crippen molar-refractivity contribution in [3.63, 3.8) is 0 Å². The molecule has 0 spiro atoms. The summed E-state index contributed by atoms with van der Waals surface area (Å²) in [5, 5.41) is 0. The SMILES string of the molecule is CCOc1ccc(N2CCCC[N+]3=C2N=C2C3C(=O)N(CCC(C)C)C(=O)N2C)cc1. The van der Waals surface area contributed by atoms with Crippen LogP contribution in [-0.2, 0) is 4.79 Å². The van der Waals surface area contributed by atoms with Crippen molar-refractivity contribution < 1.29 is 18.9 Å². The van der Waals surface area contributed by atoms with Crippen molar-refractivity contribution in [3.8, 4) is 5.75 Å². The highest BCUT2D eigenvalue weighted by molar-refractivity contribution is 6.24. The number of likely N-dealkylation sites (N-methyl/N-ethyl adjacent to an activating group) is 1. The molecule has 1 atom stereocenters. The molecule has 1 unspecified atom stereocenters. The van der Waals surface area contributed by atoms with E-state index in [1.165, 1.54) is 4.90 Å². The molecule has 3 amide bonds. The van der Waals surface area contributed by atoms with Crippen LogP contribution in [0.15, 0.2) is 29.3 Å². The predicted molar refractivity (Wildman–Crippen MR) is 120 cm³/mol. The molecule has 0 aromatic heterocycles. The van der Waals surface area contributed by atoms with Crippen molar-refractivity contribution in [1.82, 2.24) is 9.80 Å². The summed E-state index contributed by atoms with van der Waals surface area (Å²) in [6.07, 6.45) is 2.76. The number of amidine groups is 1. The number of amides is 3. The normalized spacial score (nSPS) is 21.4. The zero-order chi connectivity index (χ0) is 22.1. The molecule has 1 aromatic rings. The number of carbonyl (C=O) groups is 2. The van der Waals surface area contributed by atoms with Gasteiger partial charge in [0.2, 0.25) is 11.9 Å². The van der Waals surface area contributed by atoms with Crippen LogP contribution in [0.5, 0.6) is 5.75 Å². The number of urea groups is 1. The maximum Gasteiger partial charge on any atom is 0.397 e. The Balaban J connectivity index is 1.68. The molecule has 8 heteroatoms. The number of carbonyl (C=O) groups excluding carboxylic acids is 2. The minimum absolute atomic E-state index is 0.161. The second-order valence-corrected chi connectivity index (χ2v) is 8.67. The van der Waals surface area contributed by atoms with E-state index in [1.54, 1.807) is 11.9 Å². The van der Waals surface area contributed by atoms with Gasteiger partial charge in [0.15, 0.2) is 0 Å². The van der Waals surface area contributed by atoms with E-state index in [0.717, 1.165) is 49.7 Å². The lowest BCUT2D eigenvalue weighted by atomic mass is 10.1. The number of benzene rings is 1. The molecule has 1 fully saturated rings. The van der Waals surface area contributed by atoms with E-state index in [4.69, 9.17) is 9.73 Å². The topological polar surface area (TPSA) is 68.5 Å². The van der Waals surface area contributed by atoms with Crippen LogP contribution in [0.1, 0.15) is 40.0 Å². The van der Waals surface area contributed by atoms with Gasteiger partial charge in [-0.1, -0.05) is 18.8 Å². The number of fused-ring (bicyclic) bond motifs is 2. The Morgan fingerprint density at radius 1 is 1.19 bits per heavy atom. The summed E-state index contributed by atoms with van der Waals surface area (Å²) in [6, 6.07) is 7.14. The van der Waals surface area contributed by atoms with Crippen molar-refractivity contribution in [3.05, 3.63) is 24.3 Å². The van der Waals surface area contributed by atoms with Crippen LogP contribution in [0.2, 0.25) is 0 Å². The molecule has 0 aliphatic carbocycles. The van der Waals surface area contributed by atoms with Crippen LogP contribution < -0.4 is 9.64 Å². The Kier molecular flexibility index (Phi) is 5.98. The number of rotatable bonds is 6. The van der Waals surface area contributed by atoms with E-state index in [-0.39, 0.29) is 11.9 Å². The van der Waals surface area contributed by atoms with Crippen LogP contribution in [0.4, 0.5) is 10.5 Å². The first-order chi connectivity index (χ1) is 14.9. The average molecular weight is 427 g/mol. The molecular formula is C23H32N5O3+. The highest BCUT2D eigenvalue weighted by atomic mass is 16.5. The largest absolute Gasteiger partial charge is 0.494 e. The van der Waals surface area contributed by atoms with Crippen molar-refractivity contribution in [2.45, 2.75) is 46.1 Å². The molecule has 166 valence electrons. The van der Waals surface area contributed by atoms with Gasteiger partial charge in [-0.15, -0.1) is 0 Å². The van der Waals surface area contributed by atoms with Crippen molar-refractivity contribution in [2.75, 3.05) is 38.2 Å². The van der Waals surface area contributed by atoms with Crippen LogP contribution in [0.3, 0.4) is 0 Å². The zero-order valence-electron chi connectivity index (χ0n) is 18.9. The fourth-order valence-corrected chi connectivity index (χ4v) is 4.33. The van der Waals surface area contributed by atoms with Crippen LogP contribution in [-0.4, -0.2) is 77.4 Å². The first kappa shape index (κ1) is 21.3. The van der Waals surface area contributed by atoms with E-state index >= 15 is 0 Å². The minimum Gasteiger partial charge on any atom is -0.494 e. The summed E-state index contributed by atoms with van der Waals surface area (Å²) in [7, 11) is 1.72. The molecule has 1 aromatic carbocycles. The molecule has 1 saturated heterocycles. The summed E-state index contributed by atoms with van der Waals surface area (Å²) < 4.78 is 7.65. The Hall–Kier alpha value is -2.90. The lowest BCUT2D eigenvalue weighted by Crippen LogP contribution is -2.63. The van der Waals surface area contributed by atoms with Gasteiger partial charge in [0, 0.05) is 13.6 Å². The monoisotopic (exact) mass is 426 g/mol. The van der Waals surface area contributed by atoms with Crippen LogP contribution in [0, 0.1) is 5.92 Å². The quantitative estimate of drug-likeness (QED) is 0.656. The Morgan fingerprint density at radius 2 is 1.94 bits per heavy atom. The molecule has 31 heavy (non-hydrogen) atoms. The van der Waals surface area contributed by atoms with Crippen molar-refractivity contribution in [1.29, 1.82) is 0 Å². The van der Waals surface area contributed by atoms with Crippen LogP contribution >= 0.6 is 0 Å². The average Bonchev–Trinajstić information content (AvgIpc) is 3.00. The number of nitrogens with zero attached hydrogens (tertiary/aromatic N) is 5. The lowest BCUT2D eigenvalue weighted by Gasteiger charge is -2.34. The number of hydrogen-bond donors (Lipinski definition) is 0. The van der Waals surface area contributed by atoms with Crippen molar-refractivity contribution >= 4 is 29.4 Å². The summed E-state index contributed by atoms with van der Waals surface area (Å²) in [5.41, 5.74) is 1.01. The van der Waals surface area contributed by atoms with Gasteiger partial charge in [-0.3, -0.25) is 14.6 Å². The molecule has 3 aliphatic heterocycles. The Morgan fingerprint density at radius 3 is 2.61 bits per heavy atom. The predicted octanol–water partition coefficient (Wildman–Crippen LogP) is 2.77. The first-order valence-corrected chi connectivity index (χ1v) is 11.2. The van der Waals surface area contributed by atoms with Gasteiger partial charge in [-0.05, 0) is 56.4 Å². The molecule has 8 nitrogen and oxygen atoms in total. The highest BCUT2D eigenvalue weighted by Gasteiger charge is 2.53. The number of anilines is 1. The highest BCUT2D eigenvalue weighted by Crippen LogP contribution is 2.27. The number of aliphatic imine (C=N–C) groups is 1. The molecule has 0 N–H and O–H groups in total. The standard InChI is InChI=1S/C23H32N5O3/c1-5-31-18-10-8-17(9-11-18)26-13-6-7-14-27-19-20(24-22(26)27)25(4)23(30)28(21(19)29)15-12-16(2)3/h8-11,16,19H,5-7,12-15H2,1-4H3/q+1. The maximum absolute atomic E-state index is 13.4. The third kappa shape index (κ3) is 3.91. The number of ether oxygens (including phenoxy) is 1. The van der Waals surface area contributed by atoms with E-state index in [2.05, 4.69) is 23.3 Å². The molecular weight excluding hydrogens is 394 g/mol. The zero-order valence-corrected chi connectivity index (χ0v) is 18.9. The van der Waals surface area contributed by atoms with E-state index in [1.807, 2.05) is 31.2 Å². The molecule has 4 rings (SSSR count).